The number of Topliss-reactive ketones (excluding diaryl/α,β-unsaturated/α-hetero) is 1. The monoisotopic (exact) mass is 393 g/mol. The number of ketones is 1. The molecule has 0 saturated heterocycles. The van der Waals surface area contributed by atoms with Crippen LogP contribution in [0.25, 0.3) is 22.5 Å². The van der Waals surface area contributed by atoms with Crippen LogP contribution in [0.2, 0.25) is 0 Å². The highest BCUT2D eigenvalue weighted by atomic mass is 16.5. The number of carbonyl (C=O) groups is 1. The Morgan fingerprint density at radius 2 is 1.97 bits per heavy atom. The first-order chi connectivity index (χ1) is 14.0. The Morgan fingerprint density at radius 3 is 2.69 bits per heavy atom. The zero-order valence-electron chi connectivity index (χ0n) is 16.2. The number of nitrogens with zero attached hydrogens (tertiary/aromatic N) is 2. The molecule has 0 unspecified atom stereocenters. The number of hydrogen-bond donors (Lipinski definition) is 1. The molecule has 29 heavy (non-hydrogen) atoms. The van der Waals surface area contributed by atoms with Crippen LogP contribution in [0.5, 0.6) is 11.5 Å². The second kappa shape index (κ2) is 7.31. The Morgan fingerprint density at radius 1 is 1.14 bits per heavy atom. The lowest BCUT2D eigenvalue weighted by Crippen LogP contribution is -2.17. The van der Waals surface area contributed by atoms with Gasteiger partial charge in [-0.25, -0.2) is 4.79 Å². The number of ether oxygens (including phenoxy) is 2. The Kier molecular flexibility index (Phi) is 4.67. The number of aromatic amines is 1. The third-order valence-electron chi connectivity index (χ3n) is 4.67. The fraction of sp³-hybridized carbons (Fsp3) is 0.190. The lowest BCUT2D eigenvalue weighted by molar-refractivity contribution is 0.101. The molecule has 148 valence electrons. The summed E-state index contributed by atoms with van der Waals surface area (Å²) < 4.78 is 17.1. The number of hydrogen-bond acceptors (Lipinski definition) is 6. The summed E-state index contributed by atoms with van der Waals surface area (Å²) >= 11 is 0. The second-order valence-corrected chi connectivity index (χ2v) is 6.55. The predicted octanol–water partition coefficient (Wildman–Crippen LogP) is 3.25. The fourth-order valence-corrected chi connectivity index (χ4v) is 3.15. The van der Waals surface area contributed by atoms with E-state index in [1.165, 1.54) is 18.7 Å². The summed E-state index contributed by atoms with van der Waals surface area (Å²) in [6, 6.07) is 12.5. The Bertz CT molecular complexity index is 1270. The van der Waals surface area contributed by atoms with Gasteiger partial charge in [0.2, 0.25) is 0 Å². The largest absolute Gasteiger partial charge is 0.497 e. The van der Waals surface area contributed by atoms with Crippen LogP contribution in [0, 0.1) is 0 Å². The van der Waals surface area contributed by atoms with E-state index < -0.39 is 5.76 Å². The van der Waals surface area contributed by atoms with Gasteiger partial charge in [0.1, 0.15) is 17.2 Å². The number of nitrogens with one attached hydrogen (secondary N) is 1. The van der Waals surface area contributed by atoms with E-state index in [1.54, 1.807) is 25.3 Å². The van der Waals surface area contributed by atoms with Crippen LogP contribution in [-0.2, 0) is 6.54 Å². The van der Waals surface area contributed by atoms with Crippen molar-refractivity contribution in [2.24, 2.45) is 0 Å². The van der Waals surface area contributed by atoms with Crippen molar-refractivity contribution in [3.63, 3.8) is 0 Å². The highest BCUT2D eigenvalue weighted by Gasteiger charge is 2.16. The molecule has 4 rings (SSSR count). The minimum atomic E-state index is -0.605. The molecular weight excluding hydrogens is 374 g/mol. The van der Waals surface area contributed by atoms with E-state index in [-0.39, 0.29) is 18.2 Å². The van der Waals surface area contributed by atoms with E-state index in [9.17, 15) is 9.59 Å². The number of fused-ring (bicyclic) bond motifs is 1. The molecule has 8 heteroatoms. The minimum absolute atomic E-state index is 0.0735. The molecule has 0 radical (unpaired) electrons. The van der Waals surface area contributed by atoms with Gasteiger partial charge < -0.3 is 18.9 Å². The van der Waals surface area contributed by atoms with E-state index in [0.717, 1.165) is 16.7 Å². The molecule has 2 aromatic heterocycles. The van der Waals surface area contributed by atoms with Crippen LogP contribution in [0.15, 0.2) is 51.7 Å². The standard InChI is InChI=1S/C21H19N3O5/c1-12(25)13-4-7-19(28-3)15(8-13)11-24-21(26)29-20(23-24)18-10-14-9-16(27-2)5-6-17(14)22-18/h4-10,22H,11H2,1-3H3. The van der Waals surface area contributed by atoms with Gasteiger partial charge in [0.15, 0.2) is 5.78 Å². The zero-order chi connectivity index (χ0) is 20.5. The van der Waals surface area contributed by atoms with Gasteiger partial charge in [-0.15, -0.1) is 5.10 Å². The summed E-state index contributed by atoms with van der Waals surface area (Å²) in [7, 11) is 3.13. The smallest absolute Gasteiger partial charge is 0.437 e. The molecule has 0 atom stereocenters. The molecule has 0 saturated carbocycles. The summed E-state index contributed by atoms with van der Waals surface area (Å²) in [4.78, 5) is 27.2. The first-order valence-electron chi connectivity index (χ1n) is 8.91. The van der Waals surface area contributed by atoms with Crippen molar-refractivity contribution < 1.29 is 18.7 Å². The number of carbonyl (C=O) groups excluding carboxylic acids is 1. The van der Waals surface area contributed by atoms with Crippen LogP contribution in [0.3, 0.4) is 0 Å². The lowest BCUT2D eigenvalue weighted by Gasteiger charge is -2.09. The predicted molar refractivity (Wildman–Crippen MR) is 107 cm³/mol. The molecule has 1 N–H and O–H groups in total. The average molecular weight is 393 g/mol. The van der Waals surface area contributed by atoms with Crippen molar-refractivity contribution in [2.45, 2.75) is 13.5 Å². The second-order valence-electron chi connectivity index (χ2n) is 6.55. The van der Waals surface area contributed by atoms with Crippen LogP contribution in [0.1, 0.15) is 22.8 Å². The highest BCUT2D eigenvalue weighted by Crippen LogP contribution is 2.26. The van der Waals surface area contributed by atoms with Gasteiger partial charge in [0.05, 0.1) is 20.8 Å². The Hall–Kier alpha value is -3.81. The number of methoxy groups -OCH3 is 2. The van der Waals surface area contributed by atoms with Gasteiger partial charge in [-0.1, -0.05) is 0 Å². The molecule has 0 aliphatic rings. The summed E-state index contributed by atoms with van der Waals surface area (Å²) in [5, 5.41) is 5.21. The SMILES string of the molecule is COc1ccc2[nH]c(-c3nn(Cc4cc(C(C)=O)ccc4OC)c(=O)o3)cc2c1. The van der Waals surface area contributed by atoms with Gasteiger partial charge in [0, 0.05) is 22.0 Å². The molecule has 0 aliphatic heterocycles. The van der Waals surface area contributed by atoms with Gasteiger partial charge >= 0.3 is 5.76 Å². The molecule has 0 spiro atoms. The molecular formula is C21H19N3O5. The van der Waals surface area contributed by atoms with Crippen molar-refractivity contribution in [3.8, 4) is 23.1 Å². The van der Waals surface area contributed by atoms with Gasteiger partial charge in [0.25, 0.3) is 5.89 Å². The van der Waals surface area contributed by atoms with E-state index in [0.29, 0.717) is 22.6 Å². The van der Waals surface area contributed by atoms with Crippen LogP contribution in [0.4, 0.5) is 0 Å². The summed E-state index contributed by atoms with van der Waals surface area (Å²) in [5.41, 5.74) is 2.63. The molecule has 0 amide bonds. The average Bonchev–Trinajstić information content (AvgIpc) is 3.30. The summed E-state index contributed by atoms with van der Waals surface area (Å²) in [5.74, 6) is 0.783. The van der Waals surface area contributed by atoms with Crippen molar-refractivity contribution >= 4 is 16.7 Å². The number of rotatable bonds is 6. The van der Waals surface area contributed by atoms with Gasteiger partial charge in [-0.05, 0) is 49.4 Å². The van der Waals surface area contributed by atoms with Gasteiger partial charge in [-0.2, -0.15) is 4.68 Å². The first kappa shape index (κ1) is 18.5. The maximum absolute atomic E-state index is 12.3. The topological polar surface area (TPSA) is 99.4 Å². The Balaban J connectivity index is 1.70. The highest BCUT2D eigenvalue weighted by molar-refractivity contribution is 5.94. The van der Waals surface area contributed by atoms with Crippen molar-refractivity contribution in [1.29, 1.82) is 0 Å². The van der Waals surface area contributed by atoms with Crippen LogP contribution < -0.4 is 15.2 Å². The molecule has 2 aromatic carbocycles. The molecule has 4 aromatic rings. The lowest BCUT2D eigenvalue weighted by atomic mass is 10.1. The van der Waals surface area contributed by atoms with E-state index in [2.05, 4.69) is 10.1 Å². The molecule has 2 heterocycles. The van der Waals surface area contributed by atoms with E-state index in [4.69, 9.17) is 13.9 Å². The third-order valence-corrected chi connectivity index (χ3v) is 4.67. The quantitative estimate of drug-likeness (QED) is 0.505. The first-order valence-corrected chi connectivity index (χ1v) is 8.91. The van der Waals surface area contributed by atoms with Crippen molar-refractivity contribution in [3.05, 3.63) is 64.1 Å². The zero-order valence-corrected chi connectivity index (χ0v) is 16.2. The van der Waals surface area contributed by atoms with E-state index in [1.807, 2.05) is 24.3 Å². The van der Waals surface area contributed by atoms with Crippen LogP contribution >= 0.6 is 0 Å². The fourth-order valence-electron chi connectivity index (χ4n) is 3.15. The molecule has 0 bridgehead atoms. The van der Waals surface area contributed by atoms with E-state index >= 15 is 0 Å². The van der Waals surface area contributed by atoms with Crippen molar-refractivity contribution in [2.75, 3.05) is 14.2 Å². The molecule has 0 aliphatic carbocycles. The summed E-state index contributed by atoms with van der Waals surface area (Å²) in [6.07, 6.45) is 0. The number of benzene rings is 2. The van der Waals surface area contributed by atoms with Crippen LogP contribution in [-0.4, -0.2) is 34.8 Å². The number of H-pyrrole nitrogens is 1. The summed E-state index contributed by atoms with van der Waals surface area (Å²) in [6.45, 7) is 1.59. The molecule has 0 fully saturated rings. The Labute approximate surface area is 165 Å². The minimum Gasteiger partial charge on any atom is -0.497 e. The van der Waals surface area contributed by atoms with Crippen molar-refractivity contribution in [1.82, 2.24) is 14.8 Å². The van der Waals surface area contributed by atoms with Gasteiger partial charge in [-0.3, -0.25) is 4.79 Å². The maximum Gasteiger partial charge on any atom is 0.437 e. The normalized spacial score (nSPS) is 11.0. The number of aromatic nitrogens is 3. The third kappa shape index (κ3) is 3.52. The molecule has 8 nitrogen and oxygen atoms in total. The maximum atomic E-state index is 12.3.